The average molecular weight is 376 g/mol. The summed E-state index contributed by atoms with van der Waals surface area (Å²) in [7, 11) is 0. The molecule has 6 nitrogen and oxygen atoms in total. The minimum absolute atomic E-state index is 0.449. The number of H-pyrrole nitrogens is 1. The van der Waals surface area contributed by atoms with Crippen LogP contribution >= 0.6 is 0 Å². The quantitative estimate of drug-likeness (QED) is 0.352. The number of hydrogen-bond acceptors (Lipinski definition) is 5. The van der Waals surface area contributed by atoms with Crippen LogP contribution in [0.3, 0.4) is 0 Å². The van der Waals surface area contributed by atoms with Crippen molar-refractivity contribution in [2.75, 3.05) is 19.7 Å². The topological polar surface area (TPSA) is 93.4 Å². The fourth-order valence-corrected chi connectivity index (χ4v) is 3.14. The lowest BCUT2D eigenvalue weighted by Crippen LogP contribution is -2.21. The van der Waals surface area contributed by atoms with Crippen LogP contribution in [0, 0.1) is 11.3 Å². The van der Waals surface area contributed by atoms with Gasteiger partial charge in [0.2, 0.25) is 0 Å². The molecule has 0 saturated carbocycles. The van der Waals surface area contributed by atoms with Gasteiger partial charge in [0.15, 0.2) is 0 Å². The van der Waals surface area contributed by atoms with Crippen molar-refractivity contribution in [1.29, 1.82) is 5.26 Å². The fourth-order valence-electron chi connectivity index (χ4n) is 3.14. The molecule has 3 rings (SSSR count). The first-order valence-corrected chi connectivity index (χ1v) is 9.36. The van der Waals surface area contributed by atoms with Crippen molar-refractivity contribution >= 4 is 16.6 Å². The summed E-state index contributed by atoms with van der Waals surface area (Å²) in [6.45, 7) is 6.07. The summed E-state index contributed by atoms with van der Waals surface area (Å²) >= 11 is 0. The van der Waals surface area contributed by atoms with E-state index in [4.69, 9.17) is 15.2 Å². The summed E-state index contributed by atoms with van der Waals surface area (Å²) in [4.78, 5) is 3.27. The molecule has 1 aromatic carbocycles. The van der Waals surface area contributed by atoms with Crippen molar-refractivity contribution in [1.82, 2.24) is 10.3 Å². The van der Waals surface area contributed by atoms with Crippen LogP contribution < -0.4 is 5.32 Å². The van der Waals surface area contributed by atoms with E-state index in [9.17, 15) is 0 Å². The van der Waals surface area contributed by atoms with E-state index < -0.39 is 0 Å². The number of rotatable bonds is 9. The zero-order valence-corrected chi connectivity index (χ0v) is 15.7. The lowest BCUT2D eigenvalue weighted by atomic mass is 10.1. The maximum atomic E-state index is 9.06. The van der Waals surface area contributed by atoms with Gasteiger partial charge in [-0.25, -0.2) is 0 Å². The van der Waals surface area contributed by atoms with Gasteiger partial charge in [-0.05, 0) is 73.4 Å². The van der Waals surface area contributed by atoms with Gasteiger partial charge < -0.3 is 20.2 Å². The first-order valence-electron chi connectivity index (χ1n) is 9.36. The maximum absolute atomic E-state index is 9.06. The molecule has 28 heavy (non-hydrogen) atoms. The van der Waals surface area contributed by atoms with Crippen LogP contribution in [0.15, 0.2) is 65.7 Å². The van der Waals surface area contributed by atoms with Gasteiger partial charge in [-0.1, -0.05) is 11.7 Å². The molecular formula is C22H24N4O2. The Kier molecular flexibility index (Phi) is 6.66. The first kappa shape index (κ1) is 19.5. The Morgan fingerprint density at radius 1 is 1.25 bits per heavy atom. The number of aryl methyl sites for hydroxylation is 1. The first-order chi connectivity index (χ1) is 13.7. The van der Waals surface area contributed by atoms with E-state index in [1.807, 2.05) is 24.4 Å². The normalized spacial score (nSPS) is 15.0. The third-order valence-electron chi connectivity index (χ3n) is 4.65. The van der Waals surface area contributed by atoms with Crippen LogP contribution in [-0.4, -0.2) is 35.6 Å². The van der Waals surface area contributed by atoms with Crippen molar-refractivity contribution in [3.05, 3.63) is 71.7 Å². The van der Waals surface area contributed by atoms with Gasteiger partial charge >= 0.3 is 0 Å². The molecule has 144 valence electrons. The summed E-state index contributed by atoms with van der Waals surface area (Å²) in [6, 6.07) is 7.95. The molecule has 0 atom stereocenters. The summed E-state index contributed by atoms with van der Waals surface area (Å²) in [6.07, 6.45) is 10.4. The van der Waals surface area contributed by atoms with Crippen molar-refractivity contribution < 1.29 is 9.94 Å². The number of aromatic amines is 1. The van der Waals surface area contributed by atoms with E-state index in [1.165, 1.54) is 5.56 Å². The predicted molar refractivity (Wildman–Crippen MR) is 110 cm³/mol. The third kappa shape index (κ3) is 4.90. The molecule has 3 N–H and O–H groups in total. The highest BCUT2D eigenvalue weighted by molar-refractivity contribution is 6.10. The smallest absolute Gasteiger partial charge is 0.120 e. The van der Waals surface area contributed by atoms with E-state index in [-0.39, 0.29) is 0 Å². The number of unbranched alkanes of at least 4 members (excludes halogenated alkanes) is 1. The molecule has 0 amide bonds. The van der Waals surface area contributed by atoms with Gasteiger partial charge in [0.05, 0.1) is 11.6 Å². The van der Waals surface area contributed by atoms with Gasteiger partial charge in [0.25, 0.3) is 0 Å². The van der Waals surface area contributed by atoms with E-state index in [0.29, 0.717) is 23.5 Å². The Labute approximate surface area is 164 Å². The van der Waals surface area contributed by atoms with Gasteiger partial charge in [0, 0.05) is 23.6 Å². The Bertz CT molecular complexity index is 976. The molecule has 6 heteroatoms. The minimum Gasteiger partial charge on any atom is -0.492 e. The van der Waals surface area contributed by atoms with Crippen LogP contribution in [0.2, 0.25) is 0 Å². The summed E-state index contributed by atoms with van der Waals surface area (Å²) in [5.41, 5.74) is 4.12. The number of fused-ring (bicyclic) bond motifs is 1. The molecule has 1 aliphatic carbocycles. The number of oxime groups is 1. The molecule has 0 aliphatic heterocycles. The molecule has 1 aliphatic rings. The zero-order chi connectivity index (χ0) is 19.8. The lowest BCUT2D eigenvalue weighted by molar-refractivity contribution is 0.224. The minimum atomic E-state index is 0.449. The van der Waals surface area contributed by atoms with Crippen molar-refractivity contribution in [3.63, 3.8) is 0 Å². The van der Waals surface area contributed by atoms with Crippen molar-refractivity contribution in [2.24, 2.45) is 5.16 Å². The molecule has 1 aromatic heterocycles. The number of nitriles is 1. The van der Waals surface area contributed by atoms with E-state index >= 15 is 0 Å². The Morgan fingerprint density at radius 2 is 2.14 bits per heavy atom. The number of ether oxygens (including phenoxy) is 1. The molecule has 0 fully saturated rings. The third-order valence-corrected chi connectivity index (χ3v) is 4.65. The van der Waals surface area contributed by atoms with Crippen molar-refractivity contribution in [2.45, 2.75) is 19.3 Å². The van der Waals surface area contributed by atoms with Crippen LogP contribution in [0.4, 0.5) is 0 Å². The molecule has 2 aromatic rings. The molecule has 0 spiro atoms. The second-order valence-corrected chi connectivity index (χ2v) is 6.63. The largest absolute Gasteiger partial charge is 0.492 e. The summed E-state index contributed by atoms with van der Waals surface area (Å²) < 4.78 is 5.67. The Balaban J connectivity index is 1.32. The van der Waals surface area contributed by atoms with Gasteiger partial charge in [-0.3, -0.25) is 0 Å². The van der Waals surface area contributed by atoms with Crippen LogP contribution in [0.25, 0.3) is 10.9 Å². The Morgan fingerprint density at radius 3 is 2.93 bits per heavy atom. The zero-order valence-electron chi connectivity index (χ0n) is 15.7. The molecular weight excluding hydrogens is 352 g/mol. The number of nitrogens with one attached hydrogen (secondary N) is 2. The molecule has 1 heterocycles. The number of hydrogen-bond donors (Lipinski definition) is 3. The standard InChI is InChI=1S/C22H24N4O2/c1-16-12-19(6-8-21(16)26-27)28-11-10-24-9-3-2-4-18-15-25-22-7-5-17(14-23)13-20(18)22/h5-8,12-13,15,24-25,27H,1-4,9-11H2/b26-21-. The van der Waals surface area contributed by atoms with E-state index in [0.717, 1.165) is 49.0 Å². The highest BCUT2D eigenvalue weighted by atomic mass is 16.5. The van der Waals surface area contributed by atoms with Crippen LogP contribution in [-0.2, 0) is 11.2 Å². The number of aromatic nitrogens is 1. The predicted octanol–water partition coefficient (Wildman–Crippen LogP) is 3.81. The average Bonchev–Trinajstić information content (AvgIpc) is 3.12. The van der Waals surface area contributed by atoms with Gasteiger partial charge in [-0.2, -0.15) is 5.26 Å². The van der Waals surface area contributed by atoms with Crippen LogP contribution in [0.1, 0.15) is 24.0 Å². The number of nitrogens with zero attached hydrogens (tertiary/aromatic N) is 2. The maximum Gasteiger partial charge on any atom is 0.120 e. The summed E-state index contributed by atoms with van der Waals surface area (Å²) in [5, 5.41) is 25.5. The fraction of sp³-hybridized carbons (Fsp3) is 0.273. The SMILES string of the molecule is C=C1C=C(OCCNCCCCc2c[nH]c3ccc(C#N)cc23)C=C/C1=N/O. The number of allylic oxidation sites excluding steroid dienone is 4. The van der Waals surface area contributed by atoms with Gasteiger partial charge in [0.1, 0.15) is 18.1 Å². The molecule has 0 bridgehead atoms. The molecule has 0 radical (unpaired) electrons. The monoisotopic (exact) mass is 376 g/mol. The second-order valence-electron chi connectivity index (χ2n) is 6.63. The highest BCUT2D eigenvalue weighted by Crippen LogP contribution is 2.21. The summed E-state index contributed by atoms with van der Waals surface area (Å²) in [5.74, 6) is 0.718. The molecule has 0 unspecified atom stereocenters. The van der Waals surface area contributed by atoms with Gasteiger partial charge in [-0.15, -0.1) is 0 Å². The highest BCUT2D eigenvalue weighted by Gasteiger charge is 2.08. The van der Waals surface area contributed by atoms with E-state index in [1.54, 1.807) is 18.2 Å². The molecule has 0 saturated heterocycles. The number of benzene rings is 1. The second kappa shape index (κ2) is 9.58. The Hall–Kier alpha value is -3.30. The van der Waals surface area contributed by atoms with E-state index in [2.05, 4.69) is 28.1 Å². The van der Waals surface area contributed by atoms with Crippen LogP contribution in [0.5, 0.6) is 0 Å². The lowest BCUT2D eigenvalue weighted by Gasteiger charge is -2.12. The van der Waals surface area contributed by atoms with Crippen molar-refractivity contribution in [3.8, 4) is 6.07 Å².